The maximum absolute atomic E-state index is 8.92. The second-order valence-corrected chi connectivity index (χ2v) is 3.94. The largest absolute Gasteiger partial charge is 0.379 e. The molecule has 0 spiro atoms. The molecule has 1 heterocycles. The van der Waals surface area contributed by atoms with Gasteiger partial charge in [0.25, 0.3) is 0 Å². The predicted octanol–water partition coefficient (Wildman–Crippen LogP) is 1.97. The first kappa shape index (κ1) is 11.1. The van der Waals surface area contributed by atoms with Crippen LogP contribution in [0.4, 0.5) is 0 Å². The van der Waals surface area contributed by atoms with E-state index >= 15 is 0 Å². The van der Waals surface area contributed by atoms with Crippen molar-refractivity contribution in [3.05, 3.63) is 35.9 Å². The lowest BCUT2D eigenvalue weighted by molar-refractivity contribution is 0.0170. The molecule has 1 atom stereocenters. The Kier molecular flexibility index (Phi) is 3.92. The highest BCUT2D eigenvalue weighted by molar-refractivity contribution is 5.20. The van der Waals surface area contributed by atoms with Gasteiger partial charge in [-0.2, -0.15) is 5.26 Å². The van der Waals surface area contributed by atoms with E-state index in [2.05, 4.69) is 23.1 Å². The van der Waals surface area contributed by atoms with Crippen LogP contribution in [0.3, 0.4) is 0 Å². The monoisotopic (exact) mass is 216 g/mol. The Labute approximate surface area is 96.2 Å². The van der Waals surface area contributed by atoms with Gasteiger partial charge >= 0.3 is 0 Å². The van der Waals surface area contributed by atoms with Crippen LogP contribution in [0, 0.1) is 11.3 Å². The number of hydrogen-bond acceptors (Lipinski definition) is 3. The minimum absolute atomic E-state index is 0.218. The van der Waals surface area contributed by atoms with Crippen LogP contribution in [0.1, 0.15) is 18.0 Å². The zero-order chi connectivity index (χ0) is 11.2. The molecule has 0 aromatic heterocycles. The van der Waals surface area contributed by atoms with Crippen LogP contribution in [0.5, 0.6) is 0 Å². The molecule has 1 aromatic carbocycles. The summed E-state index contributed by atoms with van der Waals surface area (Å²) in [5.74, 6) is 0. The summed E-state index contributed by atoms with van der Waals surface area (Å²) >= 11 is 0. The predicted molar refractivity (Wildman–Crippen MR) is 61.8 cm³/mol. The zero-order valence-electron chi connectivity index (χ0n) is 9.30. The quantitative estimate of drug-likeness (QED) is 0.775. The first-order valence-corrected chi connectivity index (χ1v) is 5.65. The summed E-state index contributed by atoms with van der Waals surface area (Å²) in [6.45, 7) is 3.38. The number of rotatable bonds is 3. The average Bonchev–Trinajstić information content (AvgIpc) is 2.38. The topological polar surface area (TPSA) is 36.3 Å². The van der Waals surface area contributed by atoms with Crippen LogP contribution in [-0.2, 0) is 4.74 Å². The minimum atomic E-state index is 0.218. The van der Waals surface area contributed by atoms with Gasteiger partial charge in [-0.25, -0.2) is 0 Å². The zero-order valence-corrected chi connectivity index (χ0v) is 9.30. The molecule has 0 radical (unpaired) electrons. The van der Waals surface area contributed by atoms with Gasteiger partial charge < -0.3 is 4.74 Å². The molecule has 0 N–H and O–H groups in total. The van der Waals surface area contributed by atoms with Crippen LogP contribution >= 0.6 is 0 Å². The van der Waals surface area contributed by atoms with Gasteiger partial charge in [-0.1, -0.05) is 30.3 Å². The molecule has 0 saturated carbocycles. The summed E-state index contributed by atoms with van der Waals surface area (Å²) in [7, 11) is 0. The molecule has 16 heavy (non-hydrogen) atoms. The van der Waals surface area contributed by atoms with Crippen molar-refractivity contribution in [3.63, 3.8) is 0 Å². The number of morpholine rings is 1. The van der Waals surface area contributed by atoms with Gasteiger partial charge in [-0.05, 0) is 5.56 Å². The molecular formula is C13H16N2O. The van der Waals surface area contributed by atoms with Crippen LogP contribution in [0.15, 0.2) is 30.3 Å². The lowest BCUT2D eigenvalue weighted by Crippen LogP contribution is -2.39. The molecule has 84 valence electrons. The Morgan fingerprint density at radius 1 is 1.25 bits per heavy atom. The third-order valence-electron chi connectivity index (χ3n) is 2.96. The third-order valence-corrected chi connectivity index (χ3v) is 2.96. The molecule has 0 amide bonds. The van der Waals surface area contributed by atoms with E-state index in [-0.39, 0.29) is 6.04 Å². The highest BCUT2D eigenvalue weighted by atomic mass is 16.5. The van der Waals surface area contributed by atoms with Crippen molar-refractivity contribution in [2.75, 3.05) is 26.3 Å². The summed E-state index contributed by atoms with van der Waals surface area (Å²) in [4.78, 5) is 2.34. The van der Waals surface area contributed by atoms with E-state index < -0.39 is 0 Å². The highest BCUT2D eigenvalue weighted by Gasteiger charge is 2.21. The standard InChI is InChI=1S/C13H16N2O/c14-7-6-13(12-4-2-1-3-5-12)15-8-10-16-11-9-15/h1-5,13H,6,8-11H2. The fourth-order valence-corrected chi connectivity index (χ4v) is 2.11. The van der Waals surface area contributed by atoms with Crippen molar-refractivity contribution in [2.24, 2.45) is 0 Å². The average molecular weight is 216 g/mol. The van der Waals surface area contributed by atoms with Gasteiger partial charge in [-0.15, -0.1) is 0 Å². The number of hydrogen-bond donors (Lipinski definition) is 0. The molecule has 1 aliphatic rings. The van der Waals surface area contributed by atoms with Gasteiger partial charge in [-0.3, -0.25) is 4.90 Å². The van der Waals surface area contributed by atoms with Gasteiger partial charge in [0, 0.05) is 19.1 Å². The van der Waals surface area contributed by atoms with E-state index in [0.29, 0.717) is 6.42 Å². The Hall–Kier alpha value is -1.37. The fraction of sp³-hybridized carbons (Fsp3) is 0.462. The number of ether oxygens (including phenoxy) is 1. The van der Waals surface area contributed by atoms with Gasteiger partial charge in [0.15, 0.2) is 0 Å². The Morgan fingerprint density at radius 2 is 1.94 bits per heavy atom. The van der Waals surface area contributed by atoms with Crippen molar-refractivity contribution < 1.29 is 4.74 Å². The van der Waals surface area contributed by atoms with Crippen molar-refractivity contribution >= 4 is 0 Å². The van der Waals surface area contributed by atoms with E-state index in [1.54, 1.807) is 0 Å². The first-order valence-electron chi connectivity index (χ1n) is 5.65. The van der Waals surface area contributed by atoms with Gasteiger partial charge in [0.2, 0.25) is 0 Å². The summed E-state index contributed by atoms with van der Waals surface area (Å²) in [5, 5.41) is 8.92. The summed E-state index contributed by atoms with van der Waals surface area (Å²) in [5.41, 5.74) is 1.23. The molecule has 1 unspecified atom stereocenters. The van der Waals surface area contributed by atoms with Crippen LogP contribution in [0.25, 0.3) is 0 Å². The maximum atomic E-state index is 8.92. The molecular weight excluding hydrogens is 200 g/mol. The van der Waals surface area contributed by atoms with Crippen molar-refractivity contribution in [3.8, 4) is 6.07 Å². The van der Waals surface area contributed by atoms with E-state index in [1.165, 1.54) is 5.56 Å². The highest BCUT2D eigenvalue weighted by Crippen LogP contribution is 2.24. The van der Waals surface area contributed by atoms with E-state index in [4.69, 9.17) is 10.00 Å². The normalized spacial score (nSPS) is 18.9. The fourth-order valence-electron chi connectivity index (χ4n) is 2.11. The molecule has 1 fully saturated rings. The number of nitrogens with zero attached hydrogens (tertiary/aromatic N) is 2. The van der Waals surface area contributed by atoms with Crippen LogP contribution in [0.2, 0.25) is 0 Å². The van der Waals surface area contributed by atoms with E-state index in [9.17, 15) is 0 Å². The lowest BCUT2D eigenvalue weighted by Gasteiger charge is -2.33. The smallest absolute Gasteiger partial charge is 0.0641 e. The molecule has 3 heteroatoms. The lowest BCUT2D eigenvalue weighted by atomic mass is 10.0. The Morgan fingerprint density at radius 3 is 2.56 bits per heavy atom. The number of nitriles is 1. The molecule has 1 aromatic rings. The third kappa shape index (κ3) is 2.60. The molecule has 1 aliphatic heterocycles. The van der Waals surface area contributed by atoms with Crippen LogP contribution in [-0.4, -0.2) is 31.2 Å². The molecule has 3 nitrogen and oxygen atoms in total. The second kappa shape index (κ2) is 5.64. The minimum Gasteiger partial charge on any atom is -0.379 e. The maximum Gasteiger partial charge on any atom is 0.0641 e. The Bertz CT molecular complexity index is 352. The van der Waals surface area contributed by atoms with Crippen molar-refractivity contribution in [2.45, 2.75) is 12.5 Å². The van der Waals surface area contributed by atoms with Crippen molar-refractivity contribution in [1.82, 2.24) is 4.90 Å². The molecule has 0 aliphatic carbocycles. The second-order valence-electron chi connectivity index (χ2n) is 3.94. The van der Waals surface area contributed by atoms with E-state index in [1.807, 2.05) is 18.2 Å². The molecule has 1 saturated heterocycles. The van der Waals surface area contributed by atoms with E-state index in [0.717, 1.165) is 26.3 Å². The van der Waals surface area contributed by atoms with Crippen molar-refractivity contribution in [1.29, 1.82) is 5.26 Å². The Balaban J connectivity index is 2.13. The van der Waals surface area contributed by atoms with Crippen LogP contribution < -0.4 is 0 Å². The molecule has 0 bridgehead atoms. The summed E-state index contributed by atoms with van der Waals surface area (Å²) in [6, 6.07) is 12.8. The van der Waals surface area contributed by atoms with Gasteiger partial charge in [0.05, 0.1) is 25.7 Å². The first-order chi connectivity index (χ1) is 7.92. The number of benzene rings is 1. The van der Waals surface area contributed by atoms with Gasteiger partial charge in [0.1, 0.15) is 0 Å². The SMILES string of the molecule is N#CCC(c1ccccc1)N1CCOCC1. The summed E-state index contributed by atoms with van der Waals surface area (Å²) < 4.78 is 5.34. The summed E-state index contributed by atoms with van der Waals surface area (Å²) in [6.07, 6.45) is 0.546. The molecule has 2 rings (SSSR count).